The molecule has 3 amide bonds. The summed E-state index contributed by atoms with van der Waals surface area (Å²) in [7, 11) is 3.54. The number of piperidine rings is 1. The Kier molecular flexibility index (Phi) is 9.89. The predicted molar refractivity (Wildman–Crippen MR) is 208 cm³/mol. The molecule has 1 spiro atoms. The van der Waals surface area contributed by atoms with Gasteiger partial charge >= 0.3 is 0 Å². The molecular weight excluding hydrogens is 727 g/mol. The Bertz CT molecular complexity index is 2140. The molecule has 3 saturated heterocycles. The molecule has 8 rings (SSSR count). The van der Waals surface area contributed by atoms with Crippen LogP contribution < -0.4 is 15.4 Å². The van der Waals surface area contributed by atoms with Crippen molar-refractivity contribution in [1.82, 2.24) is 34.6 Å². The van der Waals surface area contributed by atoms with Gasteiger partial charge in [0.15, 0.2) is 5.82 Å². The molecule has 0 bridgehead atoms. The number of hydrogen-bond acceptors (Lipinski definition) is 8. The molecule has 0 radical (unpaired) electrons. The van der Waals surface area contributed by atoms with Crippen LogP contribution >= 0.6 is 23.2 Å². The molecule has 54 heavy (non-hydrogen) atoms. The van der Waals surface area contributed by atoms with Crippen molar-refractivity contribution in [1.29, 1.82) is 0 Å². The molecule has 4 aliphatic heterocycles. The maximum Gasteiger partial charge on any atom is 0.291 e. The van der Waals surface area contributed by atoms with E-state index in [1.54, 1.807) is 26.3 Å². The molecule has 12 nitrogen and oxygen atoms in total. The lowest BCUT2D eigenvalue weighted by atomic mass is 9.79. The number of pyridine rings is 1. The van der Waals surface area contributed by atoms with Crippen LogP contribution in [-0.2, 0) is 36.1 Å². The quantitative estimate of drug-likeness (QED) is 0.244. The van der Waals surface area contributed by atoms with Crippen LogP contribution in [0.25, 0.3) is 22.4 Å². The highest BCUT2D eigenvalue weighted by Gasteiger charge is 2.48. The van der Waals surface area contributed by atoms with E-state index in [2.05, 4.69) is 25.4 Å². The van der Waals surface area contributed by atoms with Gasteiger partial charge in [-0.15, -0.1) is 0 Å². The Morgan fingerprint density at radius 1 is 1.06 bits per heavy atom. The van der Waals surface area contributed by atoms with Gasteiger partial charge in [0.05, 0.1) is 34.2 Å². The highest BCUT2D eigenvalue weighted by atomic mass is 35.5. The SMILES string of the molecule is COc1cc(-c2nccc(-c3cccc(NC(=O)c4nc5c(n4C)CCN(C4CCN(C(C)=O)CC4)C5)c3Cl)c2Cl)ccc1CN1CC2(CNC(=O)C2)C1. The summed E-state index contributed by atoms with van der Waals surface area (Å²) in [5.74, 6) is 0.986. The van der Waals surface area contributed by atoms with Gasteiger partial charge < -0.3 is 24.8 Å². The van der Waals surface area contributed by atoms with Crippen molar-refractivity contribution in [3.8, 4) is 28.1 Å². The molecule has 2 aromatic heterocycles. The van der Waals surface area contributed by atoms with E-state index in [9.17, 15) is 14.4 Å². The third-order valence-corrected chi connectivity index (χ3v) is 12.4. The third-order valence-electron chi connectivity index (χ3n) is 11.6. The number of methoxy groups -OCH3 is 1. The van der Waals surface area contributed by atoms with Gasteiger partial charge in [-0.2, -0.15) is 0 Å². The number of carbonyl (C=O) groups is 3. The Morgan fingerprint density at radius 3 is 2.56 bits per heavy atom. The zero-order chi connectivity index (χ0) is 37.7. The van der Waals surface area contributed by atoms with Crippen molar-refractivity contribution in [2.45, 2.75) is 51.7 Å². The maximum atomic E-state index is 13.7. The van der Waals surface area contributed by atoms with Gasteiger partial charge in [-0.25, -0.2) is 4.98 Å². The minimum absolute atomic E-state index is 0.0568. The molecule has 0 atom stereocenters. The zero-order valence-electron chi connectivity index (χ0n) is 30.8. The summed E-state index contributed by atoms with van der Waals surface area (Å²) in [6.07, 6.45) is 4.97. The molecule has 0 aliphatic carbocycles. The average Bonchev–Trinajstić information content (AvgIpc) is 3.72. The molecule has 3 fully saturated rings. The minimum Gasteiger partial charge on any atom is -0.496 e. The van der Waals surface area contributed by atoms with Crippen molar-refractivity contribution in [2.75, 3.05) is 51.7 Å². The largest absolute Gasteiger partial charge is 0.496 e. The Hall–Kier alpha value is -4.49. The summed E-state index contributed by atoms with van der Waals surface area (Å²) in [4.78, 5) is 53.4. The zero-order valence-corrected chi connectivity index (χ0v) is 32.3. The lowest BCUT2D eigenvalue weighted by Gasteiger charge is -2.47. The molecule has 0 saturated carbocycles. The van der Waals surface area contributed by atoms with E-state index < -0.39 is 0 Å². The van der Waals surface area contributed by atoms with E-state index in [4.69, 9.17) is 32.9 Å². The molecule has 2 N–H and O–H groups in total. The van der Waals surface area contributed by atoms with Crippen LogP contribution in [0.3, 0.4) is 0 Å². The van der Waals surface area contributed by atoms with Crippen LogP contribution in [-0.4, -0.2) is 99.4 Å². The predicted octanol–water partition coefficient (Wildman–Crippen LogP) is 5.41. The number of aromatic nitrogens is 3. The first-order valence-corrected chi connectivity index (χ1v) is 19.2. The maximum absolute atomic E-state index is 13.7. The van der Waals surface area contributed by atoms with Gasteiger partial charge in [0, 0.05) is 125 Å². The summed E-state index contributed by atoms with van der Waals surface area (Å²) in [6, 6.07) is 13.7. The number of carbonyl (C=O) groups excluding carboxylic acids is 3. The van der Waals surface area contributed by atoms with Gasteiger partial charge in [0.1, 0.15) is 5.75 Å². The lowest BCUT2D eigenvalue weighted by Crippen LogP contribution is -2.56. The van der Waals surface area contributed by atoms with Crippen molar-refractivity contribution in [3.05, 3.63) is 81.5 Å². The van der Waals surface area contributed by atoms with Crippen molar-refractivity contribution < 1.29 is 19.1 Å². The van der Waals surface area contributed by atoms with Crippen LogP contribution in [0.4, 0.5) is 5.69 Å². The number of anilines is 1. The van der Waals surface area contributed by atoms with Crippen molar-refractivity contribution in [2.24, 2.45) is 12.5 Å². The van der Waals surface area contributed by atoms with Crippen molar-refractivity contribution >= 4 is 46.6 Å². The van der Waals surface area contributed by atoms with Gasteiger partial charge in [-0.05, 0) is 31.0 Å². The first-order chi connectivity index (χ1) is 26.0. The minimum atomic E-state index is -0.345. The molecule has 4 aliphatic rings. The Balaban J connectivity index is 0.970. The topological polar surface area (TPSA) is 125 Å². The highest BCUT2D eigenvalue weighted by molar-refractivity contribution is 6.39. The van der Waals surface area contributed by atoms with E-state index >= 15 is 0 Å². The average molecular weight is 772 g/mol. The summed E-state index contributed by atoms with van der Waals surface area (Å²) >= 11 is 14.1. The summed E-state index contributed by atoms with van der Waals surface area (Å²) in [5.41, 5.74) is 6.24. The lowest BCUT2D eigenvalue weighted by molar-refractivity contribution is -0.130. The molecule has 2 aromatic carbocycles. The number of imidazole rings is 1. The van der Waals surface area contributed by atoms with Gasteiger partial charge in [0.25, 0.3) is 5.91 Å². The number of likely N-dealkylation sites (tertiary alicyclic amines) is 2. The van der Waals surface area contributed by atoms with Crippen LogP contribution in [0.1, 0.15) is 53.8 Å². The first-order valence-electron chi connectivity index (χ1n) is 18.5. The number of benzene rings is 2. The summed E-state index contributed by atoms with van der Waals surface area (Å²) < 4.78 is 7.69. The summed E-state index contributed by atoms with van der Waals surface area (Å²) in [5, 5.41) is 6.74. The normalized spacial score (nSPS) is 18.7. The Labute approximate surface area is 324 Å². The molecular formula is C40H44Cl2N8O4. The van der Waals surface area contributed by atoms with Gasteiger partial charge in [-0.3, -0.25) is 29.2 Å². The second-order valence-electron chi connectivity index (χ2n) is 15.1. The highest BCUT2D eigenvalue weighted by Crippen LogP contribution is 2.42. The second kappa shape index (κ2) is 14.6. The number of amides is 3. The fourth-order valence-electron chi connectivity index (χ4n) is 8.73. The van der Waals surface area contributed by atoms with Crippen LogP contribution in [0.5, 0.6) is 5.75 Å². The van der Waals surface area contributed by atoms with E-state index in [1.807, 2.05) is 52.9 Å². The number of fused-ring (bicyclic) bond motifs is 1. The molecule has 6 heterocycles. The number of rotatable bonds is 8. The van der Waals surface area contributed by atoms with Crippen LogP contribution in [0.15, 0.2) is 48.7 Å². The van der Waals surface area contributed by atoms with Crippen LogP contribution in [0, 0.1) is 5.41 Å². The Morgan fingerprint density at radius 2 is 1.83 bits per heavy atom. The van der Waals surface area contributed by atoms with E-state index in [1.165, 1.54) is 0 Å². The molecule has 282 valence electrons. The smallest absolute Gasteiger partial charge is 0.291 e. The number of ether oxygens (including phenoxy) is 1. The molecule has 0 unspecified atom stereocenters. The monoisotopic (exact) mass is 770 g/mol. The first kappa shape index (κ1) is 36.5. The number of nitrogens with zero attached hydrogens (tertiary/aromatic N) is 6. The second-order valence-corrected chi connectivity index (χ2v) is 15.9. The third kappa shape index (κ3) is 6.85. The number of hydrogen-bond donors (Lipinski definition) is 2. The standard InChI is InChI=1S/C40H44Cl2N8O4/c1-24(51)49-14-10-27(11-15-49)50-16-12-32-31(20-50)45-38(47(32)2)39(53)46-30-6-4-5-28(35(30)41)29-9-13-43-37(36(29)42)25-7-8-26(33(17-25)54-3)19-48-22-40(23-48)18-34(52)44-21-40/h4-9,13,17,27H,10-12,14-16,18-23H2,1-3H3,(H,44,52)(H,46,53). The van der Waals surface area contributed by atoms with E-state index in [-0.39, 0.29) is 23.1 Å². The van der Waals surface area contributed by atoms with E-state index in [0.717, 1.165) is 93.3 Å². The van der Waals surface area contributed by atoms with Gasteiger partial charge in [-0.1, -0.05) is 47.5 Å². The van der Waals surface area contributed by atoms with Crippen LogP contribution in [0.2, 0.25) is 10.0 Å². The number of halogens is 2. The fourth-order valence-corrected chi connectivity index (χ4v) is 9.33. The number of nitrogens with one attached hydrogen (secondary N) is 2. The van der Waals surface area contributed by atoms with Crippen molar-refractivity contribution in [3.63, 3.8) is 0 Å². The fraction of sp³-hybridized carbons (Fsp3) is 0.425. The van der Waals surface area contributed by atoms with E-state index in [0.29, 0.717) is 57.4 Å². The molecule has 4 aromatic rings. The summed E-state index contributed by atoms with van der Waals surface area (Å²) in [6.45, 7) is 7.95. The molecule has 14 heteroatoms. The van der Waals surface area contributed by atoms with Gasteiger partial charge in [0.2, 0.25) is 11.8 Å².